The summed E-state index contributed by atoms with van der Waals surface area (Å²) in [4.78, 5) is 8.81. The Morgan fingerprint density at radius 3 is 3.36 bits per heavy atom. The summed E-state index contributed by atoms with van der Waals surface area (Å²) in [6.45, 7) is 2.19. The molecule has 2 aromatic heterocycles. The molecule has 5 heteroatoms. The summed E-state index contributed by atoms with van der Waals surface area (Å²) < 4.78 is 8.41. The van der Waals surface area contributed by atoms with Crippen LogP contribution >= 0.6 is 15.9 Å². The molecule has 0 aromatic carbocycles. The number of hydrogen-bond acceptors (Lipinski definition) is 3. The van der Waals surface area contributed by atoms with Crippen LogP contribution in [0.4, 0.5) is 0 Å². The van der Waals surface area contributed by atoms with Crippen LogP contribution in [0.2, 0.25) is 0 Å². The Bertz CT molecular complexity index is 494. The molecule has 0 radical (unpaired) electrons. The van der Waals surface area contributed by atoms with Crippen molar-refractivity contribution in [3.63, 3.8) is 0 Å². The predicted molar refractivity (Wildman–Crippen MR) is 54.9 cm³/mol. The summed E-state index contributed by atoms with van der Waals surface area (Å²) in [7, 11) is 0. The third kappa shape index (κ3) is 1.16. The average molecular weight is 254 g/mol. The van der Waals surface area contributed by atoms with E-state index in [4.69, 9.17) is 4.74 Å². The first kappa shape index (κ1) is 8.38. The Morgan fingerprint density at radius 1 is 1.50 bits per heavy atom. The Morgan fingerprint density at radius 2 is 2.43 bits per heavy atom. The van der Waals surface area contributed by atoms with Crippen LogP contribution in [0.25, 0.3) is 11.2 Å². The van der Waals surface area contributed by atoms with Crippen molar-refractivity contribution in [1.29, 1.82) is 0 Å². The van der Waals surface area contributed by atoms with E-state index in [1.807, 2.05) is 6.07 Å². The number of pyridine rings is 1. The molecule has 0 amide bonds. The molecule has 0 bridgehead atoms. The van der Waals surface area contributed by atoms with E-state index in [1.54, 1.807) is 6.20 Å². The van der Waals surface area contributed by atoms with Crippen molar-refractivity contribution < 1.29 is 4.74 Å². The van der Waals surface area contributed by atoms with Gasteiger partial charge in [-0.2, -0.15) is 0 Å². The SMILES string of the molecule is Brc1cnc2c(c1)nc1n2CCOC1. The zero-order valence-corrected chi connectivity index (χ0v) is 8.99. The number of ether oxygens (including phenoxy) is 1. The largest absolute Gasteiger partial charge is 0.372 e. The predicted octanol–water partition coefficient (Wildman–Crippen LogP) is 1.72. The van der Waals surface area contributed by atoms with Crippen molar-refractivity contribution in [1.82, 2.24) is 14.5 Å². The van der Waals surface area contributed by atoms with Gasteiger partial charge in [-0.05, 0) is 22.0 Å². The molecule has 4 nitrogen and oxygen atoms in total. The molecule has 0 aliphatic carbocycles. The summed E-state index contributed by atoms with van der Waals surface area (Å²) in [5.41, 5.74) is 1.88. The van der Waals surface area contributed by atoms with Gasteiger partial charge in [0.15, 0.2) is 5.65 Å². The topological polar surface area (TPSA) is 39.9 Å². The van der Waals surface area contributed by atoms with Crippen molar-refractivity contribution in [2.24, 2.45) is 0 Å². The quantitative estimate of drug-likeness (QED) is 0.718. The van der Waals surface area contributed by atoms with Crippen LogP contribution in [-0.2, 0) is 17.9 Å². The molecule has 1 aliphatic heterocycles. The molecule has 3 rings (SSSR count). The average Bonchev–Trinajstić information content (AvgIpc) is 2.54. The fraction of sp³-hybridized carbons (Fsp3) is 0.333. The number of halogens is 1. The van der Waals surface area contributed by atoms with Gasteiger partial charge in [0.25, 0.3) is 0 Å². The highest BCUT2D eigenvalue weighted by atomic mass is 79.9. The summed E-state index contributed by atoms with van der Waals surface area (Å²) in [5, 5.41) is 0. The van der Waals surface area contributed by atoms with Crippen LogP contribution in [0, 0.1) is 0 Å². The molecule has 0 saturated heterocycles. The van der Waals surface area contributed by atoms with Crippen LogP contribution in [0.3, 0.4) is 0 Å². The smallest absolute Gasteiger partial charge is 0.160 e. The maximum absolute atomic E-state index is 5.33. The lowest BCUT2D eigenvalue weighted by Gasteiger charge is -2.13. The number of imidazole rings is 1. The lowest BCUT2D eigenvalue weighted by molar-refractivity contribution is 0.0828. The van der Waals surface area contributed by atoms with Crippen molar-refractivity contribution in [2.75, 3.05) is 6.61 Å². The van der Waals surface area contributed by atoms with Gasteiger partial charge in [0.05, 0.1) is 6.61 Å². The lowest BCUT2D eigenvalue weighted by Crippen LogP contribution is -2.16. The fourth-order valence-electron chi connectivity index (χ4n) is 1.70. The molecule has 0 spiro atoms. The maximum atomic E-state index is 5.33. The highest BCUT2D eigenvalue weighted by Gasteiger charge is 2.15. The van der Waals surface area contributed by atoms with Crippen LogP contribution < -0.4 is 0 Å². The third-order valence-electron chi connectivity index (χ3n) is 2.32. The zero-order valence-electron chi connectivity index (χ0n) is 7.40. The van der Waals surface area contributed by atoms with Gasteiger partial charge in [-0.1, -0.05) is 0 Å². The Hall–Kier alpha value is -0.940. The zero-order chi connectivity index (χ0) is 9.54. The molecule has 0 saturated carbocycles. The Balaban J connectivity index is 2.31. The van der Waals surface area contributed by atoms with E-state index in [1.165, 1.54) is 0 Å². The second-order valence-corrected chi connectivity index (χ2v) is 4.14. The summed E-state index contributed by atoms with van der Waals surface area (Å²) in [6.07, 6.45) is 1.80. The van der Waals surface area contributed by atoms with Crippen molar-refractivity contribution >= 4 is 27.1 Å². The third-order valence-corrected chi connectivity index (χ3v) is 2.75. The van der Waals surface area contributed by atoms with E-state index in [0.717, 1.165) is 34.6 Å². The second-order valence-electron chi connectivity index (χ2n) is 3.23. The highest BCUT2D eigenvalue weighted by Crippen LogP contribution is 2.20. The number of fused-ring (bicyclic) bond motifs is 3. The van der Waals surface area contributed by atoms with Gasteiger partial charge in [0.1, 0.15) is 17.9 Å². The van der Waals surface area contributed by atoms with Crippen LogP contribution in [-0.4, -0.2) is 21.1 Å². The molecule has 0 fully saturated rings. The minimum Gasteiger partial charge on any atom is -0.372 e. The molecule has 3 heterocycles. The van der Waals surface area contributed by atoms with E-state index in [9.17, 15) is 0 Å². The second kappa shape index (κ2) is 3.03. The van der Waals surface area contributed by atoms with E-state index in [2.05, 4.69) is 30.5 Å². The van der Waals surface area contributed by atoms with Gasteiger partial charge < -0.3 is 9.30 Å². The Labute approximate surface area is 89.0 Å². The van der Waals surface area contributed by atoms with Gasteiger partial charge in [0.2, 0.25) is 0 Å². The number of rotatable bonds is 0. The van der Waals surface area contributed by atoms with Crippen molar-refractivity contribution in [3.05, 3.63) is 22.6 Å². The number of hydrogen-bond donors (Lipinski definition) is 0. The van der Waals surface area contributed by atoms with Gasteiger partial charge >= 0.3 is 0 Å². The first-order chi connectivity index (χ1) is 6.84. The van der Waals surface area contributed by atoms with E-state index in [-0.39, 0.29) is 0 Å². The molecule has 0 N–H and O–H groups in total. The van der Waals surface area contributed by atoms with Crippen molar-refractivity contribution in [2.45, 2.75) is 13.2 Å². The standard InChI is InChI=1S/C9H8BrN3O/c10-6-3-7-9(11-4-6)13-1-2-14-5-8(13)12-7/h3-4H,1-2,5H2. The van der Waals surface area contributed by atoms with E-state index in [0.29, 0.717) is 6.61 Å². The molecule has 14 heavy (non-hydrogen) atoms. The van der Waals surface area contributed by atoms with E-state index >= 15 is 0 Å². The summed E-state index contributed by atoms with van der Waals surface area (Å²) in [5.74, 6) is 0.969. The maximum Gasteiger partial charge on any atom is 0.160 e. The summed E-state index contributed by atoms with van der Waals surface area (Å²) >= 11 is 3.38. The normalized spacial score (nSPS) is 15.8. The van der Waals surface area contributed by atoms with Gasteiger partial charge in [-0.3, -0.25) is 0 Å². The number of nitrogens with zero attached hydrogens (tertiary/aromatic N) is 3. The molecule has 1 aliphatic rings. The van der Waals surface area contributed by atoms with Crippen LogP contribution in [0.1, 0.15) is 5.82 Å². The van der Waals surface area contributed by atoms with Gasteiger partial charge in [0, 0.05) is 17.2 Å². The first-order valence-corrected chi connectivity index (χ1v) is 5.22. The lowest BCUT2D eigenvalue weighted by atomic mass is 10.4. The van der Waals surface area contributed by atoms with Gasteiger partial charge in [-0.25, -0.2) is 9.97 Å². The highest BCUT2D eigenvalue weighted by molar-refractivity contribution is 9.10. The van der Waals surface area contributed by atoms with E-state index < -0.39 is 0 Å². The monoisotopic (exact) mass is 253 g/mol. The molecule has 0 atom stereocenters. The van der Waals surface area contributed by atoms with Crippen LogP contribution in [0.15, 0.2) is 16.7 Å². The molecular weight excluding hydrogens is 246 g/mol. The molecular formula is C9H8BrN3O. The number of aromatic nitrogens is 3. The Kier molecular flexibility index (Phi) is 1.81. The molecule has 0 unspecified atom stereocenters. The first-order valence-electron chi connectivity index (χ1n) is 4.43. The minimum atomic E-state index is 0.591. The van der Waals surface area contributed by atoms with Gasteiger partial charge in [-0.15, -0.1) is 0 Å². The summed E-state index contributed by atoms with van der Waals surface area (Å²) in [6, 6.07) is 1.98. The van der Waals surface area contributed by atoms with Crippen LogP contribution in [0.5, 0.6) is 0 Å². The molecule has 72 valence electrons. The minimum absolute atomic E-state index is 0.591. The fourth-order valence-corrected chi connectivity index (χ4v) is 2.02. The van der Waals surface area contributed by atoms with Crippen molar-refractivity contribution in [3.8, 4) is 0 Å². The molecule has 2 aromatic rings.